The van der Waals surface area contributed by atoms with Gasteiger partial charge in [-0.2, -0.15) is 5.10 Å². The third kappa shape index (κ3) is 2.03. The Morgan fingerprint density at radius 1 is 1.15 bits per heavy atom. The zero-order valence-electron chi connectivity index (χ0n) is 11.7. The van der Waals surface area contributed by atoms with Crippen molar-refractivity contribution in [2.24, 2.45) is 7.05 Å². The molecule has 0 spiro atoms. The summed E-state index contributed by atoms with van der Waals surface area (Å²) in [4.78, 5) is 12.1. The summed E-state index contributed by atoms with van der Waals surface area (Å²) in [5.74, 6) is 0. The molecular formula is C16H17N3O. The van der Waals surface area contributed by atoms with Crippen molar-refractivity contribution in [1.82, 2.24) is 15.1 Å². The fraction of sp³-hybridized carbons (Fsp3) is 0.250. The van der Waals surface area contributed by atoms with E-state index in [4.69, 9.17) is 0 Å². The molecule has 1 aromatic heterocycles. The minimum Gasteiger partial charge on any atom is -0.391 e. The summed E-state index contributed by atoms with van der Waals surface area (Å²) in [5, 5.41) is 9.30. The average molecular weight is 267 g/mol. The van der Waals surface area contributed by atoms with Gasteiger partial charge in [-0.25, -0.2) is 4.68 Å². The molecular weight excluding hydrogens is 250 g/mol. The highest BCUT2D eigenvalue weighted by Crippen LogP contribution is 2.28. The van der Waals surface area contributed by atoms with Crippen LogP contribution >= 0.6 is 0 Å². The van der Waals surface area contributed by atoms with Crippen molar-refractivity contribution < 1.29 is 0 Å². The first-order chi connectivity index (χ1) is 9.70. The Labute approximate surface area is 117 Å². The van der Waals surface area contributed by atoms with Gasteiger partial charge in [0.1, 0.15) is 0 Å². The maximum absolute atomic E-state index is 12.1. The van der Waals surface area contributed by atoms with Crippen LogP contribution in [0.15, 0.2) is 46.9 Å². The van der Waals surface area contributed by atoms with Gasteiger partial charge >= 0.3 is 0 Å². The Bertz CT molecular complexity index is 784. The highest BCUT2D eigenvalue weighted by molar-refractivity contribution is 5.91. The minimum atomic E-state index is -0.0489. The molecule has 0 saturated heterocycles. The molecule has 1 N–H and O–H groups in total. The molecule has 0 aliphatic heterocycles. The van der Waals surface area contributed by atoms with Gasteiger partial charge in [0.25, 0.3) is 5.56 Å². The van der Waals surface area contributed by atoms with Crippen LogP contribution in [-0.4, -0.2) is 16.8 Å². The van der Waals surface area contributed by atoms with Crippen molar-refractivity contribution in [3.8, 4) is 0 Å². The summed E-state index contributed by atoms with van der Waals surface area (Å²) in [6.07, 6.45) is 6.08. The van der Waals surface area contributed by atoms with Crippen molar-refractivity contribution in [3.63, 3.8) is 0 Å². The van der Waals surface area contributed by atoms with E-state index in [-0.39, 0.29) is 5.56 Å². The monoisotopic (exact) mass is 267 g/mol. The van der Waals surface area contributed by atoms with E-state index < -0.39 is 0 Å². The van der Waals surface area contributed by atoms with Crippen LogP contribution in [0.25, 0.3) is 16.3 Å². The van der Waals surface area contributed by atoms with Gasteiger partial charge in [0, 0.05) is 25.2 Å². The van der Waals surface area contributed by atoms with Crippen LogP contribution in [0.4, 0.5) is 0 Å². The molecule has 20 heavy (non-hydrogen) atoms. The molecule has 0 amide bonds. The molecule has 1 heterocycles. The van der Waals surface area contributed by atoms with E-state index >= 15 is 0 Å². The number of hydrogen-bond acceptors (Lipinski definition) is 3. The van der Waals surface area contributed by atoms with Gasteiger partial charge < -0.3 is 5.32 Å². The van der Waals surface area contributed by atoms with Crippen LogP contribution in [0.5, 0.6) is 0 Å². The number of nitrogens with zero attached hydrogens (tertiary/aromatic N) is 2. The Balaban J connectivity index is 2.23. The van der Waals surface area contributed by atoms with Crippen molar-refractivity contribution >= 4 is 16.3 Å². The number of benzene rings is 1. The normalized spacial score (nSPS) is 14.9. The van der Waals surface area contributed by atoms with Crippen molar-refractivity contribution in [3.05, 3.63) is 58.2 Å². The van der Waals surface area contributed by atoms with E-state index in [2.05, 4.69) is 22.6 Å². The fourth-order valence-electron chi connectivity index (χ4n) is 2.58. The van der Waals surface area contributed by atoms with E-state index in [0.29, 0.717) is 0 Å². The molecule has 0 bridgehead atoms. The second-order valence-electron chi connectivity index (χ2n) is 4.96. The van der Waals surface area contributed by atoms with Gasteiger partial charge in [-0.15, -0.1) is 0 Å². The number of rotatable bonds is 2. The summed E-state index contributed by atoms with van der Waals surface area (Å²) < 4.78 is 1.43. The molecule has 1 aliphatic carbocycles. The minimum absolute atomic E-state index is 0.0489. The predicted molar refractivity (Wildman–Crippen MR) is 81.3 cm³/mol. The lowest BCUT2D eigenvalue weighted by atomic mass is 9.96. The number of aryl methyl sites for hydroxylation is 1. The number of fused-ring (bicyclic) bond motifs is 1. The second-order valence-corrected chi connectivity index (χ2v) is 4.96. The summed E-state index contributed by atoms with van der Waals surface area (Å²) in [6.45, 7) is 0. The molecule has 0 fully saturated rings. The summed E-state index contributed by atoms with van der Waals surface area (Å²) in [6, 6.07) is 7.67. The molecule has 0 saturated carbocycles. The smallest absolute Gasteiger partial charge is 0.274 e. The van der Waals surface area contributed by atoms with E-state index in [1.807, 2.05) is 31.3 Å². The van der Waals surface area contributed by atoms with E-state index in [9.17, 15) is 4.79 Å². The molecule has 0 radical (unpaired) electrons. The summed E-state index contributed by atoms with van der Waals surface area (Å²) in [7, 11) is 3.64. The van der Waals surface area contributed by atoms with E-state index in [1.54, 1.807) is 7.05 Å². The second kappa shape index (κ2) is 4.96. The van der Waals surface area contributed by atoms with Crippen molar-refractivity contribution in [2.45, 2.75) is 12.8 Å². The van der Waals surface area contributed by atoms with Gasteiger partial charge in [-0.05, 0) is 30.6 Å². The predicted octanol–water partition coefficient (Wildman–Crippen LogP) is 2.21. The maximum atomic E-state index is 12.1. The highest BCUT2D eigenvalue weighted by Gasteiger charge is 2.14. The Morgan fingerprint density at radius 2 is 1.90 bits per heavy atom. The van der Waals surface area contributed by atoms with E-state index in [1.165, 1.54) is 16.0 Å². The average Bonchev–Trinajstić information content (AvgIpc) is 2.51. The Hall–Kier alpha value is -2.36. The molecule has 4 heteroatoms. The van der Waals surface area contributed by atoms with Gasteiger partial charge in [-0.3, -0.25) is 4.79 Å². The maximum Gasteiger partial charge on any atom is 0.274 e. The molecule has 0 atom stereocenters. The van der Waals surface area contributed by atoms with Crippen LogP contribution in [0, 0.1) is 0 Å². The molecule has 0 unspecified atom stereocenters. The van der Waals surface area contributed by atoms with Crippen molar-refractivity contribution in [2.75, 3.05) is 7.05 Å². The number of nitrogens with one attached hydrogen (secondary N) is 1. The number of aromatic nitrogens is 2. The first-order valence-electron chi connectivity index (χ1n) is 6.74. The number of hydrogen-bond donors (Lipinski definition) is 1. The SMILES string of the molecule is CNC1=CC=C(c2nn(C)c(=O)c3ccccc23)CC1. The van der Waals surface area contributed by atoms with Crippen LogP contribution in [-0.2, 0) is 7.05 Å². The highest BCUT2D eigenvalue weighted by atomic mass is 16.1. The topological polar surface area (TPSA) is 46.9 Å². The van der Waals surface area contributed by atoms with Gasteiger partial charge in [-0.1, -0.05) is 24.3 Å². The largest absolute Gasteiger partial charge is 0.391 e. The molecule has 3 rings (SSSR count). The molecule has 4 nitrogen and oxygen atoms in total. The van der Waals surface area contributed by atoms with Crippen LogP contribution < -0.4 is 10.9 Å². The lowest BCUT2D eigenvalue weighted by molar-refractivity contribution is 0.709. The Morgan fingerprint density at radius 3 is 2.55 bits per heavy atom. The van der Waals surface area contributed by atoms with Gasteiger partial charge in [0.2, 0.25) is 0 Å². The molecule has 1 aliphatic rings. The molecule has 102 valence electrons. The van der Waals surface area contributed by atoms with Gasteiger partial charge in [0.05, 0.1) is 11.1 Å². The first-order valence-corrected chi connectivity index (χ1v) is 6.74. The van der Waals surface area contributed by atoms with Gasteiger partial charge in [0.15, 0.2) is 0 Å². The summed E-state index contributed by atoms with van der Waals surface area (Å²) in [5.41, 5.74) is 3.26. The first kappa shape index (κ1) is 12.7. The fourth-order valence-corrected chi connectivity index (χ4v) is 2.58. The van der Waals surface area contributed by atoms with Crippen LogP contribution in [0.2, 0.25) is 0 Å². The number of allylic oxidation sites excluding steroid dienone is 4. The van der Waals surface area contributed by atoms with Crippen LogP contribution in [0.1, 0.15) is 18.5 Å². The Kier molecular flexibility index (Phi) is 3.14. The molecule has 1 aromatic carbocycles. The van der Waals surface area contributed by atoms with Crippen LogP contribution in [0.3, 0.4) is 0 Å². The van der Waals surface area contributed by atoms with Crippen molar-refractivity contribution in [1.29, 1.82) is 0 Å². The summed E-state index contributed by atoms with van der Waals surface area (Å²) >= 11 is 0. The standard InChI is InChI=1S/C16H17N3O/c1-17-12-9-7-11(8-10-12)15-13-5-3-4-6-14(13)16(20)19(2)18-15/h3-7,9,17H,8,10H2,1-2H3. The zero-order chi connectivity index (χ0) is 14.1. The third-order valence-corrected chi connectivity index (χ3v) is 3.73. The van der Waals surface area contributed by atoms with E-state index in [0.717, 1.165) is 29.3 Å². The molecule has 2 aromatic rings. The third-order valence-electron chi connectivity index (χ3n) is 3.73. The lowest BCUT2D eigenvalue weighted by Crippen LogP contribution is -2.21. The zero-order valence-corrected chi connectivity index (χ0v) is 11.7. The quantitative estimate of drug-likeness (QED) is 0.907. The lowest BCUT2D eigenvalue weighted by Gasteiger charge is -2.16.